The summed E-state index contributed by atoms with van der Waals surface area (Å²) >= 11 is 0. The minimum absolute atomic E-state index is 0.0642. The Hall–Kier alpha value is -1.51. The van der Waals surface area contributed by atoms with E-state index in [2.05, 4.69) is 17.6 Å². The van der Waals surface area contributed by atoms with Gasteiger partial charge in [-0.25, -0.2) is 4.79 Å². The van der Waals surface area contributed by atoms with E-state index in [1.54, 1.807) is 0 Å². The fourth-order valence-corrected chi connectivity index (χ4v) is 1.85. The van der Waals surface area contributed by atoms with Gasteiger partial charge in [-0.05, 0) is 12.0 Å². The molecule has 0 aromatic heterocycles. The number of carbonyl (C=O) groups excluding carboxylic acids is 1. The summed E-state index contributed by atoms with van der Waals surface area (Å²) in [6, 6.07) is 10.3. The predicted molar refractivity (Wildman–Crippen MR) is 54.9 cm³/mol. The van der Waals surface area contributed by atoms with Crippen LogP contribution in [0.15, 0.2) is 30.3 Å². The molecule has 1 saturated heterocycles. The van der Waals surface area contributed by atoms with Gasteiger partial charge in [0, 0.05) is 0 Å². The van der Waals surface area contributed by atoms with Gasteiger partial charge in [-0.2, -0.15) is 0 Å². The van der Waals surface area contributed by atoms with Gasteiger partial charge in [0.25, 0.3) is 0 Å². The normalized spacial score (nSPS) is 25.6. The average molecular weight is 190 g/mol. The Morgan fingerprint density at radius 2 is 1.93 bits per heavy atom. The molecule has 1 aliphatic rings. The van der Waals surface area contributed by atoms with Crippen molar-refractivity contribution in [3.05, 3.63) is 35.9 Å². The number of urea groups is 1. The molecule has 0 spiro atoms. The van der Waals surface area contributed by atoms with Crippen LogP contribution in [0.4, 0.5) is 4.79 Å². The first-order valence-electron chi connectivity index (χ1n) is 4.93. The second-order valence-electron chi connectivity index (χ2n) is 3.52. The third-order valence-corrected chi connectivity index (χ3v) is 2.60. The Kier molecular flexibility index (Phi) is 2.39. The van der Waals surface area contributed by atoms with E-state index in [0.717, 1.165) is 12.0 Å². The van der Waals surface area contributed by atoms with Gasteiger partial charge in [-0.15, -0.1) is 0 Å². The van der Waals surface area contributed by atoms with Crippen molar-refractivity contribution < 1.29 is 4.79 Å². The maximum Gasteiger partial charge on any atom is 0.315 e. The molecule has 14 heavy (non-hydrogen) atoms. The molecule has 0 bridgehead atoms. The van der Waals surface area contributed by atoms with E-state index in [9.17, 15) is 4.79 Å². The molecular formula is C11H14N2O. The maximum atomic E-state index is 11.2. The molecule has 0 aliphatic carbocycles. The van der Waals surface area contributed by atoms with Crippen LogP contribution in [0.1, 0.15) is 24.9 Å². The summed E-state index contributed by atoms with van der Waals surface area (Å²) in [6.07, 6.45) is 0.943. The van der Waals surface area contributed by atoms with Crippen LogP contribution >= 0.6 is 0 Å². The topological polar surface area (TPSA) is 41.1 Å². The first-order valence-corrected chi connectivity index (χ1v) is 4.93. The van der Waals surface area contributed by atoms with E-state index in [0.29, 0.717) is 0 Å². The van der Waals surface area contributed by atoms with E-state index < -0.39 is 0 Å². The van der Waals surface area contributed by atoms with Crippen molar-refractivity contribution in [3.8, 4) is 0 Å². The van der Waals surface area contributed by atoms with E-state index >= 15 is 0 Å². The number of hydrogen-bond donors (Lipinski definition) is 2. The number of carbonyl (C=O) groups is 1. The van der Waals surface area contributed by atoms with Crippen LogP contribution in [0.25, 0.3) is 0 Å². The third kappa shape index (κ3) is 1.58. The summed E-state index contributed by atoms with van der Waals surface area (Å²) in [5, 5.41) is 5.82. The van der Waals surface area contributed by atoms with E-state index in [1.165, 1.54) is 0 Å². The molecule has 2 amide bonds. The summed E-state index contributed by atoms with van der Waals surface area (Å²) in [5.74, 6) is 0. The summed E-state index contributed by atoms with van der Waals surface area (Å²) < 4.78 is 0. The largest absolute Gasteiger partial charge is 0.333 e. The molecule has 1 aromatic rings. The fourth-order valence-electron chi connectivity index (χ4n) is 1.85. The lowest BCUT2D eigenvalue weighted by Crippen LogP contribution is -2.26. The highest BCUT2D eigenvalue weighted by Gasteiger charge is 2.30. The first-order chi connectivity index (χ1) is 6.81. The molecule has 1 fully saturated rings. The lowest BCUT2D eigenvalue weighted by Gasteiger charge is -2.16. The van der Waals surface area contributed by atoms with Crippen molar-refractivity contribution in [2.45, 2.75) is 25.4 Å². The molecule has 2 atom stereocenters. The number of hydrogen-bond acceptors (Lipinski definition) is 1. The highest BCUT2D eigenvalue weighted by molar-refractivity contribution is 5.77. The Morgan fingerprint density at radius 3 is 2.57 bits per heavy atom. The third-order valence-electron chi connectivity index (χ3n) is 2.60. The molecular weight excluding hydrogens is 176 g/mol. The van der Waals surface area contributed by atoms with Crippen molar-refractivity contribution in [1.29, 1.82) is 0 Å². The number of rotatable bonds is 2. The molecule has 0 unspecified atom stereocenters. The van der Waals surface area contributed by atoms with Gasteiger partial charge in [0.15, 0.2) is 0 Å². The summed E-state index contributed by atoms with van der Waals surface area (Å²) in [5.41, 5.74) is 1.16. The van der Waals surface area contributed by atoms with Crippen LogP contribution < -0.4 is 10.6 Å². The van der Waals surface area contributed by atoms with Crippen LogP contribution in [0.2, 0.25) is 0 Å². The number of amides is 2. The molecule has 3 heteroatoms. The minimum Gasteiger partial charge on any atom is -0.333 e. The van der Waals surface area contributed by atoms with Crippen LogP contribution in [-0.4, -0.2) is 12.1 Å². The van der Waals surface area contributed by atoms with Gasteiger partial charge in [-0.1, -0.05) is 37.3 Å². The van der Waals surface area contributed by atoms with Gasteiger partial charge in [0.05, 0.1) is 12.1 Å². The van der Waals surface area contributed by atoms with Crippen LogP contribution in [0, 0.1) is 0 Å². The van der Waals surface area contributed by atoms with Crippen molar-refractivity contribution in [2.75, 3.05) is 0 Å². The van der Waals surface area contributed by atoms with Gasteiger partial charge in [0.1, 0.15) is 0 Å². The van der Waals surface area contributed by atoms with Crippen LogP contribution in [0.3, 0.4) is 0 Å². The standard InChI is InChI=1S/C11H14N2O/c1-2-9-10(13-11(14)12-9)8-6-4-3-5-7-8/h3-7,9-10H,2H2,1H3,(H2,12,13,14)/t9-,10+/m0/s1. The zero-order valence-corrected chi connectivity index (χ0v) is 8.16. The molecule has 74 valence electrons. The van der Waals surface area contributed by atoms with Gasteiger partial charge < -0.3 is 10.6 Å². The van der Waals surface area contributed by atoms with E-state index in [1.807, 2.05) is 30.3 Å². The highest BCUT2D eigenvalue weighted by Crippen LogP contribution is 2.22. The molecule has 0 saturated carbocycles. The van der Waals surface area contributed by atoms with Gasteiger partial charge >= 0.3 is 6.03 Å². The Morgan fingerprint density at radius 1 is 1.21 bits per heavy atom. The van der Waals surface area contributed by atoms with Crippen molar-refractivity contribution in [3.63, 3.8) is 0 Å². The Balaban J connectivity index is 2.22. The fraction of sp³-hybridized carbons (Fsp3) is 0.364. The molecule has 1 aliphatic heterocycles. The minimum atomic E-state index is -0.0642. The zero-order valence-electron chi connectivity index (χ0n) is 8.16. The van der Waals surface area contributed by atoms with Gasteiger partial charge in [0.2, 0.25) is 0 Å². The average Bonchev–Trinajstić information content (AvgIpc) is 2.61. The van der Waals surface area contributed by atoms with E-state index in [4.69, 9.17) is 0 Å². The monoisotopic (exact) mass is 190 g/mol. The van der Waals surface area contributed by atoms with Gasteiger partial charge in [-0.3, -0.25) is 0 Å². The predicted octanol–water partition coefficient (Wildman–Crippen LogP) is 1.82. The zero-order chi connectivity index (χ0) is 9.97. The van der Waals surface area contributed by atoms with Crippen molar-refractivity contribution in [2.24, 2.45) is 0 Å². The SMILES string of the molecule is CC[C@@H]1NC(=O)N[C@@H]1c1ccccc1. The Bertz CT molecular complexity index is 323. The van der Waals surface area contributed by atoms with E-state index in [-0.39, 0.29) is 18.1 Å². The number of benzene rings is 1. The highest BCUT2D eigenvalue weighted by atomic mass is 16.2. The van der Waals surface area contributed by atoms with Crippen LogP contribution in [-0.2, 0) is 0 Å². The molecule has 1 heterocycles. The second kappa shape index (κ2) is 3.70. The molecule has 2 N–H and O–H groups in total. The molecule has 0 radical (unpaired) electrons. The quantitative estimate of drug-likeness (QED) is 0.733. The Labute approximate surface area is 83.5 Å². The summed E-state index contributed by atoms with van der Waals surface area (Å²) in [4.78, 5) is 11.2. The molecule has 1 aromatic carbocycles. The number of nitrogens with one attached hydrogen (secondary N) is 2. The summed E-state index contributed by atoms with van der Waals surface area (Å²) in [6.45, 7) is 2.08. The molecule has 3 nitrogen and oxygen atoms in total. The lowest BCUT2D eigenvalue weighted by atomic mass is 9.99. The van der Waals surface area contributed by atoms with Crippen LogP contribution in [0.5, 0.6) is 0 Å². The molecule has 2 rings (SSSR count). The summed E-state index contributed by atoms with van der Waals surface area (Å²) in [7, 11) is 0. The van der Waals surface area contributed by atoms with Crippen molar-refractivity contribution >= 4 is 6.03 Å². The van der Waals surface area contributed by atoms with Crippen molar-refractivity contribution in [1.82, 2.24) is 10.6 Å². The lowest BCUT2D eigenvalue weighted by molar-refractivity contribution is 0.247. The first kappa shape index (κ1) is 9.06. The second-order valence-corrected chi connectivity index (χ2v) is 3.52. The maximum absolute atomic E-state index is 11.2. The smallest absolute Gasteiger partial charge is 0.315 e.